The molecule has 0 unspecified atom stereocenters. The van der Waals surface area contributed by atoms with E-state index in [-0.39, 0.29) is 22.9 Å². The van der Waals surface area contributed by atoms with Crippen LogP contribution in [0.25, 0.3) is 0 Å². The number of hydrogen-bond acceptors (Lipinski definition) is 4. The van der Waals surface area contributed by atoms with Gasteiger partial charge in [-0.3, -0.25) is 14.9 Å². The summed E-state index contributed by atoms with van der Waals surface area (Å²) >= 11 is 0. The van der Waals surface area contributed by atoms with Gasteiger partial charge in [-0.2, -0.15) is 5.10 Å². The van der Waals surface area contributed by atoms with Crippen LogP contribution in [0.2, 0.25) is 0 Å². The average Bonchev–Trinajstić information content (AvgIpc) is 3.13. The monoisotopic (exact) mass is 301 g/mol. The molecule has 2 fully saturated rings. The summed E-state index contributed by atoms with van der Waals surface area (Å²) in [6.07, 6.45) is 6.21. The molecular formula is C16H19N3O3. The number of hydrazone groups is 1. The van der Waals surface area contributed by atoms with Crippen molar-refractivity contribution in [3.63, 3.8) is 0 Å². The Labute approximate surface area is 128 Å². The van der Waals surface area contributed by atoms with Gasteiger partial charge in [0.25, 0.3) is 5.69 Å². The quantitative estimate of drug-likeness (QED) is 0.527. The second-order valence-corrected chi connectivity index (χ2v) is 6.42. The molecule has 2 saturated carbocycles. The van der Waals surface area contributed by atoms with E-state index in [1.54, 1.807) is 12.1 Å². The van der Waals surface area contributed by atoms with Crippen molar-refractivity contribution in [3.8, 4) is 0 Å². The fourth-order valence-corrected chi connectivity index (χ4v) is 3.77. The predicted molar refractivity (Wildman–Crippen MR) is 82.4 cm³/mol. The maximum Gasteiger partial charge on any atom is 0.269 e. The number of fused-ring (bicyclic) bond motifs is 1. The average molecular weight is 301 g/mol. The third-order valence-corrected chi connectivity index (χ3v) is 5.11. The number of carbonyl (C=O) groups excluding carboxylic acids is 1. The Morgan fingerprint density at radius 2 is 2.14 bits per heavy atom. The molecule has 0 radical (unpaired) electrons. The van der Waals surface area contributed by atoms with Crippen molar-refractivity contribution in [1.29, 1.82) is 0 Å². The van der Waals surface area contributed by atoms with E-state index >= 15 is 0 Å². The van der Waals surface area contributed by atoms with Crippen molar-refractivity contribution in [2.24, 2.45) is 22.4 Å². The Hall–Kier alpha value is -2.24. The minimum atomic E-state index is -0.446. The first-order valence-electron chi connectivity index (χ1n) is 7.60. The Morgan fingerprint density at radius 1 is 1.41 bits per heavy atom. The van der Waals surface area contributed by atoms with E-state index in [0.29, 0.717) is 11.5 Å². The molecule has 0 spiro atoms. The van der Waals surface area contributed by atoms with Crippen LogP contribution in [0.5, 0.6) is 0 Å². The Morgan fingerprint density at radius 3 is 2.73 bits per heavy atom. The molecule has 0 saturated heterocycles. The molecule has 0 aromatic heterocycles. The Bertz CT molecular complexity index is 626. The first kappa shape index (κ1) is 14.7. The van der Waals surface area contributed by atoms with E-state index in [1.807, 2.05) is 0 Å². The molecule has 3 rings (SSSR count). The molecule has 1 N–H and O–H groups in total. The zero-order chi connectivity index (χ0) is 15.7. The largest absolute Gasteiger partial charge is 0.273 e. The molecule has 1 aromatic carbocycles. The second kappa shape index (κ2) is 5.51. The first-order chi connectivity index (χ1) is 10.5. The van der Waals surface area contributed by atoms with E-state index in [2.05, 4.69) is 17.5 Å². The molecule has 1 amide bonds. The van der Waals surface area contributed by atoms with Crippen molar-refractivity contribution in [2.45, 2.75) is 32.6 Å². The number of rotatable bonds is 4. The van der Waals surface area contributed by atoms with Gasteiger partial charge in [0.1, 0.15) is 0 Å². The van der Waals surface area contributed by atoms with Gasteiger partial charge in [0.05, 0.1) is 11.1 Å². The molecule has 2 aliphatic carbocycles. The van der Waals surface area contributed by atoms with Crippen molar-refractivity contribution in [1.82, 2.24) is 5.43 Å². The number of carbonyl (C=O) groups is 1. The normalized spacial score (nSPS) is 29.9. The van der Waals surface area contributed by atoms with Crippen LogP contribution in [0.15, 0.2) is 29.4 Å². The SMILES string of the molecule is C[C@]12CCCC[C@@H]1[C@H]2C(=O)N/N=C\c1ccc([N+](=O)[O-])cc1. The van der Waals surface area contributed by atoms with E-state index in [4.69, 9.17) is 0 Å². The highest BCUT2D eigenvalue weighted by Gasteiger charge is 2.64. The first-order valence-corrected chi connectivity index (χ1v) is 7.60. The third-order valence-electron chi connectivity index (χ3n) is 5.11. The lowest BCUT2D eigenvalue weighted by atomic mass is 9.90. The minimum Gasteiger partial charge on any atom is -0.273 e. The highest BCUT2D eigenvalue weighted by molar-refractivity contribution is 5.86. The van der Waals surface area contributed by atoms with Crippen molar-refractivity contribution < 1.29 is 9.72 Å². The Kier molecular flexibility index (Phi) is 3.68. The fourth-order valence-electron chi connectivity index (χ4n) is 3.77. The van der Waals surface area contributed by atoms with Crippen molar-refractivity contribution in [3.05, 3.63) is 39.9 Å². The van der Waals surface area contributed by atoms with Crippen LogP contribution >= 0.6 is 0 Å². The van der Waals surface area contributed by atoms with Crippen molar-refractivity contribution >= 4 is 17.8 Å². The number of nitro groups is 1. The van der Waals surface area contributed by atoms with Crippen LogP contribution in [0.4, 0.5) is 5.69 Å². The van der Waals surface area contributed by atoms with Gasteiger partial charge in [-0.1, -0.05) is 19.8 Å². The molecule has 6 heteroatoms. The summed E-state index contributed by atoms with van der Waals surface area (Å²) < 4.78 is 0. The third kappa shape index (κ3) is 2.61. The van der Waals surface area contributed by atoms with Gasteiger partial charge in [0.2, 0.25) is 5.91 Å². The topological polar surface area (TPSA) is 84.6 Å². The standard InChI is InChI=1S/C16H19N3O3/c1-16-9-3-2-4-13(16)14(16)15(20)18-17-10-11-5-7-12(8-6-11)19(21)22/h5-8,10,13-14H,2-4,9H2,1H3,(H,18,20)/b17-10-/t13-,14+,16+/m1/s1. The van der Waals surface area contributed by atoms with E-state index < -0.39 is 4.92 Å². The number of nitro benzene ring substituents is 1. The number of nitrogens with zero attached hydrogens (tertiary/aromatic N) is 2. The summed E-state index contributed by atoms with van der Waals surface area (Å²) in [7, 11) is 0. The number of nitrogens with one attached hydrogen (secondary N) is 1. The fraction of sp³-hybridized carbons (Fsp3) is 0.500. The van der Waals surface area contributed by atoms with Crippen LogP contribution in [-0.2, 0) is 4.79 Å². The maximum absolute atomic E-state index is 12.2. The van der Waals surface area contributed by atoms with Gasteiger partial charge < -0.3 is 0 Å². The Balaban J connectivity index is 1.56. The van der Waals surface area contributed by atoms with Crippen LogP contribution < -0.4 is 5.43 Å². The zero-order valence-electron chi connectivity index (χ0n) is 12.5. The molecule has 1 aromatic rings. The molecule has 116 valence electrons. The molecule has 0 aliphatic heterocycles. The van der Waals surface area contributed by atoms with Gasteiger partial charge >= 0.3 is 0 Å². The molecule has 0 bridgehead atoms. The predicted octanol–water partition coefficient (Wildman–Crippen LogP) is 2.87. The molecular weight excluding hydrogens is 282 g/mol. The van der Waals surface area contributed by atoms with Crippen LogP contribution in [-0.4, -0.2) is 17.0 Å². The van der Waals surface area contributed by atoms with Crippen LogP contribution in [0.1, 0.15) is 38.2 Å². The highest BCUT2D eigenvalue weighted by Crippen LogP contribution is 2.66. The molecule has 2 aliphatic rings. The van der Waals surface area contributed by atoms with Gasteiger partial charge in [0, 0.05) is 18.1 Å². The minimum absolute atomic E-state index is 0.00689. The van der Waals surface area contributed by atoms with E-state index in [1.165, 1.54) is 31.2 Å². The maximum atomic E-state index is 12.2. The summed E-state index contributed by atoms with van der Waals surface area (Å²) in [6, 6.07) is 6.04. The summed E-state index contributed by atoms with van der Waals surface area (Å²) in [5.41, 5.74) is 3.53. The molecule has 0 heterocycles. The number of non-ortho nitro benzene ring substituents is 1. The highest BCUT2D eigenvalue weighted by atomic mass is 16.6. The summed E-state index contributed by atoms with van der Waals surface area (Å²) in [5.74, 6) is 0.590. The number of amides is 1. The van der Waals surface area contributed by atoms with Gasteiger partial charge in [-0.05, 0) is 41.9 Å². The molecule has 22 heavy (non-hydrogen) atoms. The molecule has 3 atom stereocenters. The second-order valence-electron chi connectivity index (χ2n) is 6.42. The lowest BCUT2D eigenvalue weighted by molar-refractivity contribution is -0.384. The van der Waals surface area contributed by atoms with Gasteiger partial charge in [-0.15, -0.1) is 0 Å². The summed E-state index contributed by atoms with van der Waals surface area (Å²) in [4.78, 5) is 22.3. The van der Waals surface area contributed by atoms with Gasteiger partial charge in [-0.25, -0.2) is 5.43 Å². The molecule has 6 nitrogen and oxygen atoms in total. The van der Waals surface area contributed by atoms with Crippen molar-refractivity contribution in [2.75, 3.05) is 0 Å². The van der Waals surface area contributed by atoms with Crippen LogP contribution in [0.3, 0.4) is 0 Å². The lowest BCUT2D eigenvalue weighted by Crippen LogP contribution is -2.22. The summed E-state index contributed by atoms with van der Waals surface area (Å²) in [5, 5.41) is 14.5. The van der Waals surface area contributed by atoms with Crippen LogP contribution in [0, 0.1) is 27.4 Å². The number of benzene rings is 1. The smallest absolute Gasteiger partial charge is 0.269 e. The number of hydrogen-bond donors (Lipinski definition) is 1. The van der Waals surface area contributed by atoms with E-state index in [0.717, 1.165) is 12.8 Å². The summed E-state index contributed by atoms with van der Waals surface area (Å²) in [6.45, 7) is 2.20. The van der Waals surface area contributed by atoms with E-state index in [9.17, 15) is 14.9 Å². The lowest BCUT2D eigenvalue weighted by Gasteiger charge is -2.15. The van der Waals surface area contributed by atoms with Gasteiger partial charge in [0.15, 0.2) is 0 Å². The zero-order valence-corrected chi connectivity index (χ0v) is 12.5.